The summed E-state index contributed by atoms with van der Waals surface area (Å²) < 4.78 is 5.35. The summed E-state index contributed by atoms with van der Waals surface area (Å²) in [6.45, 7) is 5.77. The minimum absolute atomic E-state index is 0.683. The third-order valence-corrected chi connectivity index (χ3v) is 4.29. The second kappa shape index (κ2) is 8.24. The van der Waals surface area contributed by atoms with Crippen LogP contribution in [0.2, 0.25) is 0 Å². The van der Waals surface area contributed by atoms with Gasteiger partial charge in [-0.2, -0.15) is 0 Å². The first kappa shape index (κ1) is 16.2. The molecule has 1 aliphatic heterocycles. The van der Waals surface area contributed by atoms with E-state index in [2.05, 4.69) is 51.9 Å². The van der Waals surface area contributed by atoms with E-state index < -0.39 is 0 Å². The maximum absolute atomic E-state index is 5.37. The average Bonchev–Trinajstić information content (AvgIpc) is 2.59. The standard InChI is InChI=1S/C18H23N3OS/c23-18(19-8-3-9-21-10-12-22-13-11-21)20-17-7-6-15-4-1-2-5-16(15)14-17/h1-2,4-7,14H,3,8-13H2,(H2,19,20,23). The first-order valence-corrected chi connectivity index (χ1v) is 8.56. The Labute approximate surface area is 142 Å². The van der Waals surface area contributed by atoms with Crippen LogP contribution in [0.4, 0.5) is 5.69 Å². The van der Waals surface area contributed by atoms with Crippen LogP contribution < -0.4 is 10.6 Å². The van der Waals surface area contributed by atoms with Gasteiger partial charge in [-0.15, -0.1) is 0 Å². The summed E-state index contributed by atoms with van der Waals surface area (Å²) in [7, 11) is 0. The van der Waals surface area contributed by atoms with Crippen molar-refractivity contribution in [3.05, 3.63) is 42.5 Å². The van der Waals surface area contributed by atoms with Gasteiger partial charge >= 0.3 is 0 Å². The molecule has 1 fully saturated rings. The monoisotopic (exact) mass is 329 g/mol. The van der Waals surface area contributed by atoms with E-state index in [9.17, 15) is 0 Å². The van der Waals surface area contributed by atoms with Crippen molar-refractivity contribution < 1.29 is 4.74 Å². The average molecular weight is 329 g/mol. The quantitative estimate of drug-likeness (QED) is 0.652. The molecule has 4 nitrogen and oxygen atoms in total. The van der Waals surface area contributed by atoms with E-state index in [4.69, 9.17) is 17.0 Å². The molecular formula is C18H23N3OS. The van der Waals surface area contributed by atoms with Gasteiger partial charge < -0.3 is 15.4 Å². The molecular weight excluding hydrogens is 306 g/mol. The lowest BCUT2D eigenvalue weighted by atomic mass is 10.1. The summed E-state index contributed by atoms with van der Waals surface area (Å²) in [5, 5.41) is 9.68. The molecule has 1 heterocycles. The number of hydrogen-bond donors (Lipinski definition) is 2. The van der Waals surface area contributed by atoms with Crippen molar-refractivity contribution >= 4 is 33.8 Å². The third-order valence-electron chi connectivity index (χ3n) is 4.05. The largest absolute Gasteiger partial charge is 0.379 e. The fourth-order valence-corrected chi connectivity index (χ4v) is 2.99. The van der Waals surface area contributed by atoms with E-state index in [1.54, 1.807) is 0 Å². The van der Waals surface area contributed by atoms with Gasteiger partial charge in [0.1, 0.15) is 0 Å². The molecule has 1 aliphatic rings. The molecule has 0 aliphatic carbocycles. The molecule has 0 aromatic heterocycles. The second-order valence-corrected chi connectivity index (χ2v) is 6.16. The number of anilines is 1. The van der Waals surface area contributed by atoms with E-state index in [1.165, 1.54) is 10.8 Å². The highest BCUT2D eigenvalue weighted by atomic mass is 32.1. The molecule has 2 N–H and O–H groups in total. The summed E-state index contributed by atoms with van der Waals surface area (Å²) >= 11 is 5.37. The minimum Gasteiger partial charge on any atom is -0.379 e. The van der Waals surface area contributed by atoms with Gasteiger partial charge in [-0.25, -0.2) is 0 Å². The molecule has 2 aromatic rings. The van der Waals surface area contributed by atoms with Crippen LogP contribution >= 0.6 is 12.2 Å². The molecule has 0 bridgehead atoms. The van der Waals surface area contributed by atoms with Crippen molar-refractivity contribution in [1.82, 2.24) is 10.2 Å². The smallest absolute Gasteiger partial charge is 0.170 e. The third kappa shape index (κ3) is 4.89. The molecule has 0 radical (unpaired) electrons. The molecule has 0 atom stereocenters. The lowest BCUT2D eigenvalue weighted by Crippen LogP contribution is -2.38. The van der Waals surface area contributed by atoms with Gasteiger partial charge in [-0.3, -0.25) is 4.90 Å². The number of benzene rings is 2. The zero-order chi connectivity index (χ0) is 15.9. The molecule has 3 rings (SSSR count). The van der Waals surface area contributed by atoms with Gasteiger partial charge in [0.05, 0.1) is 13.2 Å². The van der Waals surface area contributed by atoms with Crippen molar-refractivity contribution in [2.24, 2.45) is 0 Å². The van der Waals surface area contributed by atoms with Crippen molar-refractivity contribution in [3.8, 4) is 0 Å². The number of ether oxygens (including phenoxy) is 1. The molecule has 5 heteroatoms. The van der Waals surface area contributed by atoms with Crippen LogP contribution in [-0.2, 0) is 4.74 Å². The lowest BCUT2D eigenvalue weighted by Gasteiger charge is -2.26. The van der Waals surface area contributed by atoms with Gasteiger partial charge in [0.15, 0.2) is 5.11 Å². The van der Waals surface area contributed by atoms with Gasteiger partial charge in [-0.05, 0) is 48.1 Å². The van der Waals surface area contributed by atoms with Crippen molar-refractivity contribution in [1.29, 1.82) is 0 Å². The number of rotatable bonds is 5. The maximum Gasteiger partial charge on any atom is 0.170 e. The Bertz CT molecular complexity index is 656. The Morgan fingerprint density at radius 2 is 1.87 bits per heavy atom. The maximum atomic E-state index is 5.37. The van der Waals surface area contributed by atoms with Crippen molar-refractivity contribution in [2.45, 2.75) is 6.42 Å². The summed E-state index contributed by atoms with van der Waals surface area (Å²) in [5.41, 5.74) is 1.02. The van der Waals surface area contributed by atoms with Crippen LogP contribution in [0.25, 0.3) is 10.8 Å². The summed E-state index contributed by atoms with van der Waals surface area (Å²) in [5.74, 6) is 0. The van der Waals surface area contributed by atoms with Gasteiger partial charge in [0.2, 0.25) is 0 Å². The second-order valence-electron chi connectivity index (χ2n) is 5.75. The number of fused-ring (bicyclic) bond motifs is 1. The first-order valence-electron chi connectivity index (χ1n) is 8.15. The van der Waals surface area contributed by atoms with Crippen molar-refractivity contribution in [3.63, 3.8) is 0 Å². The van der Waals surface area contributed by atoms with Gasteiger partial charge in [-0.1, -0.05) is 30.3 Å². The summed E-state index contributed by atoms with van der Waals surface area (Å²) in [4.78, 5) is 2.44. The molecule has 122 valence electrons. The molecule has 23 heavy (non-hydrogen) atoms. The van der Waals surface area contributed by atoms with E-state index in [1.807, 2.05) is 6.07 Å². The van der Waals surface area contributed by atoms with Crippen LogP contribution in [-0.4, -0.2) is 49.4 Å². The molecule has 0 saturated carbocycles. The van der Waals surface area contributed by atoms with E-state index in [0.717, 1.165) is 51.5 Å². The zero-order valence-corrected chi connectivity index (χ0v) is 14.1. The van der Waals surface area contributed by atoms with E-state index >= 15 is 0 Å². The van der Waals surface area contributed by atoms with Crippen LogP contribution in [0.15, 0.2) is 42.5 Å². The Kier molecular flexibility index (Phi) is 5.80. The first-order chi connectivity index (χ1) is 11.3. The van der Waals surface area contributed by atoms with Crippen LogP contribution in [0.5, 0.6) is 0 Å². The SMILES string of the molecule is S=C(NCCCN1CCOCC1)Nc1ccc2ccccc2c1. The lowest BCUT2D eigenvalue weighted by molar-refractivity contribution is 0.0376. The fraction of sp³-hybridized carbons (Fsp3) is 0.389. The predicted octanol–water partition coefficient (Wildman–Crippen LogP) is 2.85. The highest BCUT2D eigenvalue weighted by Crippen LogP contribution is 2.18. The van der Waals surface area contributed by atoms with Gasteiger partial charge in [0, 0.05) is 25.3 Å². The molecule has 1 saturated heterocycles. The highest BCUT2D eigenvalue weighted by molar-refractivity contribution is 7.80. The van der Waals surface area contributed by atoms with Gasteiger partial charge in [0.25, 0.3) is 0 Å². The predicted molar refractivity (Wildman–Crippen MR) is 100 cm³/mol. The number of nitrogens with one attached hydrogen (secondary N) is 2. The molecule has 2 aromatic carbocycles. The Hall–Kier alpha value is -1.69. The molecule has 0 spiro atoms. The number of nitrogens with zero attached hydrogens (tertiary/aromatic N) is 1. The van der Waals surface area contributed by atoms with E-state index in [-0.39, 0.29) is 0 Å². The Balaban J connectivity index is 1.41. The molecule has 0 unspecified atom stereocenters. The summed E-state index contributed by atoms with van der Waals surface area (Å²) in [6, 6.07) is 14.6. The number of morpholine rings is 1. The minimum atomic E-state index is 0.683. The van der Waals surface area contributed by atoms with Crippen LogP contribution in [0.1, 0.15) is 6.42 Å². The molecule has 0 amide bonds. The van der Waals surface area contributed by atoms with Crippen molar-refractivity contribution in [2.75, 3.05) is 44.7 Å². The Morgan fingerprint density at radius 3 is 2.70 bits per heavy atom. The van der Waals surface area contributed by atoms with E-state index in [0.29, 0.717) is 5.11 Å². The number of thiocarbonyl (C=S) groups is 1. The number of hydrogen-bond acceptors (Lipinski definition) is 3. The fourth-order valence-electron chi connectivity index (χ4n) is 2.77. The zero-order valence-electron chi connectivity index (χ0n) is 13.3. The Morgan fingerprint density at radius 1 is 1.09 bits per heavy atom. The van der Waals surface area contributed by atoms with Crippen LogP contribution in [0.3, 0.4) is 0 Å². The highest BCUT2D eigenvalue weighted by Gasteiger charge is 2.09. The topological polar surface area (TPSA) is 36.5 Å². The summed E-state index contributed by atoms with van der Waals surface area (Å²) in [6.07, 6.45) is 1.08. The van der Waals surface area contributed by atoms with Crippen LogP contribution in [0, 0.1) is 0 Å². The normalized spacial score (nSPS) is 15.5.